The number of rotatable bonds is 6. The summed E-state index contributed by atoms with van der Waals surface area (Å²) in [5.74, 6) is 0. The molecule has 0 saturated heterocycles. The van der Waals surface area contributed by atoms with E-state index in [4.69, 9.17) is 4.74 Å². The number of H-pyrrole nitrogens is 1. The second-order valence-electron chi connectivity index (χ2n) is 7.02. The van der Waals surface area contributed by atoms with Gasteiger partial charge in [0.1, 0.15) is 0 Å². The molecule has 0 fully saturated rings. The Bertz CT molecular complexity index is 1030. The maximum Gasteiger partial charge on any atom is 0.0972 e. The number of methoxy groups -OCH3 is 1. The van der Waals surface area contributed by atoms with Gasteiger partial charge in [-0.1, -0.05) is 60.7 Å². The molecule has 0 radical (unpaired) electrons. The number of hydrogen-bond donors (Lipinski definition) is 2. The molecule has 1 aromatic carbocycles. The summed E-state index contributed by atoms with van der Waals surface area (Å²) in [5, 5.41) is 10.8. The molecule has 4 rings (SSSR count). The van der Waals surface area contributed by atoms with Crippen molar-refractivity contribution in [3.63, 3.8) is 0 Å². The molecule has 4 heteroatoms. The Morgan fingerprint density at radius 2 is 2.10 bits per heavy atom. The van der Waals surface area contributed by atoms with Crippen molar-refractivity contribution in [2.24, 2.45) is 0 Å². The van der Waals surface area contributed by atoms with Gasteiger partial charge < -0.3 is 10.1 Å². The molecular weight excluding hydrogens is 358 g/mol. The molecule has 146 valence electrons. The minimum absolute atomic E-state index is 0.0222. The zero-order chi connectivity index (χ0) is 19.9. The Morgan fingerprint density at radius 3 is 3.03 bits per heavy atom. The minimum Gasteiger partial charge on any atom is -0.373 e. The lowest BCUT2D eigenvalue weighted by atomic mass is 10.0. The van der Waals surface area contributed by atoms with Crippen molar-refractivity contribution >= 4 is 23.9 Å². The fraction of sp³-hybridized carbons (Fsp3) is 0.160. The summed E-state index contributed by atoms with van der Waals surface area (Å²) in [4.78, 5) is 0. The molecule has 0 amide bonds. The monoisotopic (exact) mass is 383 g/mol. The highest BCUT2D eigenvalue weighted by atomic mass is 16.5. The number of nitrogens with one attached hydrogen (secondary N) is 2. The molecule has 1 unspecified atom stereocenters. The van der Waals surface area contributed by atoms with Crippen LogP contribution < -0.4 is 5.32 Å². The van der Waals surface area contributed by atoms with E-state index in [0.717, 1.165) is 29.8 Å². The number of benzene rings is 1. The van der Waals surface area contributed by atoms with Crippen LogP contribution in [0.4, 0.5) is 5.69 Å². The third-order valence-corrected chi connectivity index (χ3v) is 4.98. The molecule has 0 bridgehead atoms. The molecule has 1 atom stereocenters. The third-order valence-electron chi connectivity index (χ3n) is 4.98. The SMILES string of the molecule is COC1C=CC=CC=C1C/C=C/c1cc(/C=C/c2ccc3c(c2)NC=CC3)[nH]n1. The van der Waals surface area contributed by atoms with Gasteiger partial charge in [-0.2, -0.15) is 5.10 Å². The molecule has 29 heavy (non-hydrogen) atoms. The summed E-state index contributed by atoms with van der Waals surface area (Å²) in [5.41, 5.74) is 6.77. The largest absolute Gasteiger partial charge is 0.373 e. The fourth-order valence-corrected chi connectivity index (χ4v) is 3.41. The van der Waals surface area contributed by atoms with Crippen molar-refractivity contribution in [3.05, 3.63) is 101 Å². The van der Waals surface area contributed by atoms with Crippen LogP contribution >= 0.6 is 0 Å². The van der Waals surface area contributed by atoms with Crippen LogP contribution in [0.3, 0.4) is 0 Å². The number of anilines is 1. The maximum absolute atomic E-state index is 5.53. The standard InChI is InChI=1S/C25H25N3O/c1-29-25-11-4-2-3-7-21(25)8-5-10-22-18-23(28-27-22)15-13-19-12-14-20-9-6-16-26-24(20)17-19/h2-7,10-18,25-26H,8-9H2,1H3,(H,27,28)/b10-5+,15-13+. The Balaban J connectivity index is 1.38. The van der Waals surface area contributed by atoms with Crippen LogP contribution in [0.5, 0.6) is 0 Å². The van der Waals surface area contributed by atoms with Crippen LogP contribution in [-0.2, 0) is 11.2 Å². The van der Waals surface area contributed by atoms with Crippen LogP contribution in [0.25, 0.3) is 18.2 Å². The van der Waals surface area contributed by atoms with E-state index < -0.39 is 0 Å². The average molecular weight is 383 g/mol. The van der Waals surface area contributed by atoms with E-state index in [1.54, 1.807) is 7.11 Å². The lowest BCUT2D eigenvalue weighted by Gasteiger charge is -2.12. The molecule has 2 N–H and O–H groups in total. The van der Waals surface area contributed by atoms with Gasteiger partial charge in [-0.15, -0.1) is 0 Å². The first kappa shape index (κ1) is 19.0. The molecule has 1 aliphatic heterocycles. The van der Waals surface area contributed by atoms with Crippen LogP contribution in [0.2, 0.25) is 0 Å². The number of hydrogen-bond acceptors (Lipinski definition) is 3. The van der Waals surface area contributed by atoms with Crippen molar-refractivity contribution in [2.45, 2.75) is 18.9 Å². The van der Waals surface area contributed by atoms with Gasteiger partial charge in [0.2, 0.25) is 0 Å². The van der Waals surface area contributed by atoms with Crippen molar-refractivity contribution in [3.8, 4) is 0 Å². The minimum atomic E-state index is 0.0222. The van der Waals surface area contributed by atoms with Gasteiger partial charge in [0, 0.05) is 12.8 Å². The van der Waals surface area contributed by atoms with Crippen LogP contribution in [0.15, 0.2) is 78.6 Å². The van der Waals surface area contributed by atoms with E-state index in [2.05, 4.69) is 70.2 Å². The average Bonchev–Trinajstić information content (AvgIpc) is 3.09. The van der Waals surface area contributed by atoms with E-state index in [-0.39, 0.29) is 6.10 Å². The maximum atomic E-state index is 5.53. The topological polar surface area (TPSA) is 49.9 Å². The van der Waals surface area contributed by atoms with E-state index in [9.17, 15) is 0 Å². The molecular formula is C25H25N3O. The van der Waals surface area contributed by atoms with Gasteiger partial charge in [-0.3, -0.25) is 5.10 Å². The highest BCUT2D eigenvalue weighted by Gasteiger charge is 2.09. The predicted molar refractivity (Wildman–Crippen MR) is 121 cm³/mol. The summed E-state index contributed by atoms with van der Waals surface area (Å²) in [6.07, 6.45) is 24.5. The molecule has 2 heterocycles. The lowest BCUT2D eigenvalue weighted by molar-refractivity contribution is 0.167. The third kappa shape index (κ3) is 4.92. The highest BCUT2D eigenvalue weighted by Crippen LogP contribution is 2.23. The van der Waals surface area contributed by atoms with Gasteiger partial charge in [0.15, 0.2) is 0 Å². The molecule has 2 aromatic rings. The van der Waals surface area contributed by atoms with Gasteiger partial charge in [0.05, 0.1) is 17.5 Å². The Labute approximate surface area is 171 Å². The van der Waals surface area contributed by atoms with Crippen molar-refractivity contribution < 1.29 is 4.74 Å². The van der Waals surface area contributed by atoms with Gasteiger partial charge >= 0.3 is 0 Å². The number of nitrogens with zero attached hydrogens (tertiary/aromatic N) is 1. The van der Waals surface area contributed by atoms with Crippen LogP contribution in [0.1, 0.15) is 28.9 Å². The molecule has 2 aliphatic rings. The Hall–Kier alpha value is -3.37. The molecule has 1 aliphatic carbocycles. The summed E-state index contributed by atoms with van der Waals surface area (Å²) >= 11 is 0. The van der Waals surface area contributed by atoms with E-state index >= 15 is 0 Å². The number of ether oxygens (including phenoxy) is 1. The van der Waals surface area contributed by atoms with E-state index in [1.165, 1.54) is 16.8 Å². The number of aromatic amines is 1. The summed E-state index contributed by atoms with van der Waals surface area (Å²) in [6.45, 7) is 0. The first-order valence-corrected chi connectivity index (χ1v) is 9.83. The van der Waals surface area contributed by atoms with Gasteiger partial charge in [-0.25, -0.2) is 0 Å². The van der Waals surface area contributed by atoms with Crippen LogP contribution in [0, 0.1) is 0 Å². The molecule has 1 aromatic heterocycles. The quantitative estimate of drug-likeness (QED) is 0.689. The smallest absolute Gasteiger partial charge is 0.0972 e. The van der Waals surface area contributed by atoms with E-state index in [0.29, 0.717) is 0 Å². The zero-order valence-electron chi connectivity index (χ0n) is 16.5. The highest BCUT2D eigenvalue weighted by molar-refractivity contribution is 5.72. The second kappa shape index (κ2) is 9.22. The Morgan fingerprint density at radius 1 is 1.14 bits per heavy atom. The first-order valence-electron chi connectivity index (χ1n) is 9.83. The number of aromatic nitrogens is 2. The van der Waals surface area contributed by atoms with Gasteiger partial charge in [0.25, 0.3) is 0 Å². The summed E-state index contributed by atoms with van der Waals surface area (Å²) in [7, 11) is 1.74. The van der Waals surface area contributed by atoms with Crippen molar-refractivity contribution in [1.29, 1.82) is 0 Å². The van der Waals surface area contributed by atoms with Crippen molar-refractivity contribution in [2.75, 3.05) is 12.4 Å². The van der Waals surface area contributed by atoms with E-state index in [1.807, 2.05) is 36.6 Å². The van der Waals surface area contributed by atoms with Crippen LogP contribution in [-0.4, -0.2) is 23.4 Å². The summed E-state index contributed by atoms with van der Waals surface area (Å²) in [6, 6.07) is 8.53. The molecule has 0 saturated carbocycles. The molecule has 4 nitrogen and oxygen atoms in total. The Kier molecular flexibility index (Phi) is 6.03. The summed E-state index contributed by atoms with van der Waals surface area (Å²) < 4.78 is 5.53. The fourth-order valence-electron chi connectivity index (χ4n) is 3.41. The second-order valence-corrected chi connectivity index (χ2v) is 7.02. The lowest BCUT2D eigenvalue weighted by Crippen LogP contribution is -2.09. The first-order chi connectivity index (χ1) is 14.3. The number of allylic oxidation sites excluding steroid dienone is 6. The predicted octanol–water partition coefficient (Wildman–Crippen LogP) is 5.53. The zero-order valence-corrected chi connectivity index (χ0v) is 16.5. The molecule has 0 spiro atoms. The van der Waals surface area contributed by atoms with Gasteiger partial charge in [-0.05, 0) is 60.0 Å². The normalized spacial score (nSPS) is 18.1. The number of fused-ring (bicyclic) bond motifs is 1. The van der Waals surface area contributed by atoms with Crippen molar-refractivity contribution in [1.82, 2.24) is 10.2 Å².